The van der Waals surface area contributed by atoms with Crippen molar-refractivity contribution in [2.75, 3.05) is 55.0 Å². The molecule has 4 saturated heterocycles. The maximum absolute atomic E-state index is 13.4. The van der Waals surface area contributed by atoms with E-state index in [-0.39, 0.29) is 24.7 Å². The topological polar surface area (TPSA) is 181 Å². The quantitative estimate of drug-likeness (QED) is 0.199. The van der Waals surface area contributed by atoms with E-state index in [1.807, 2.05) is 60.7 Å². The number of fused-ring (bicyclic) bond motifs is 4. The fraction of sp³-hybridized carbons (Fsp3) is 0.400. The highest BCUT2D eigenvalue weighted by Crippen LogP contribution is 2.39. The highest BCUT2D eigenvalue weighted by molar-refractivity contribution is 6.23. The maximum atomic E-state index is 13.4. The number of aromatic amines is 1. The minimum absolute atomic E-state index is 0.0904. The second-order valence-electron chi connectivity index (χ2n) is 17.0. The van der Waals surface area contributed by atoms with Crippen LogP contribution in [0.4, 0.5) is 17.2 Å². The number of likely N-dealkylation sites (tertiary alicyclic amines) is 1. The summed E-state index contributed by atoms with van der Waals surface area (Å²) in [5.41, 5.74) is 5.51. The SMILES string of the molecule is COC(C(=O)N1Cc2[nH]nc(NC(=O)c3ccc(N4CCC(CN5CC6CC5CN6c5ccc6c(c5)C(=O)N(C5CCC(=O)NC5=O)C6=O)CC4)cc3)c2C1)c1ccccc1. The van der Waals surface area contributed by atoms with E-state index in [1.165, 1.54) is 7.11 Å². The van der Waals surface area contributed by atoms with E-state index >= 15 is 0 Å². The molecule has 3 N–H and O–H groups in total. The maximum Gasteiger partial charge on any atom is 0.262 e. The molecule has 3 aromatic carbocycles. The standard InChI is InChI=1S/C45H47N9O7/c1-61-39(27-5-3-2-4-6-27)45(60)52-24-35-36(25-52)48-49-40(35)47-41(56)28-7-9-29(10-8-28)50-17-15-26(16-18-50)21-51-22-32-19-31(51)23-53(32)30-11-12-33-34(20-30)44(59)54(43(33)58)37-13-14-38(55)46-42(37)57/h2-12,20,26,31-32,37,39H,13-19,21-25H2,1H3,(H,46,55,57)(H2,47,48,49,56). The Morgan fingerprint density at radius 1 is 0.869 bits per heavy atom. The van der Waals surface area contributed by atoms with Crippen molar-refractivity contribution in [2.24, 2.45) is 5.92 Å². The van der Waals surface area contributed by atoms with Gasteiger partial charge in [-0.3, -0.25) is 49.0 Å². The van der Waals surface area contributed by atoms with Crippen LogP contribution < -0.4 is 20.4 Å². The van der Waals surface area contributed by atoms with Gasteiger partial charge < -0.3 is 24.8 Å². The first kappa shape index (κ1) is 38.8. The van der Waals surface area contributed by atoms with Crippen molar-refractivity contribution in [2.45, 2.75) is 69.4 Å². The molecule has 6 aliphatic heterocycles. The molecule has 4 fully saturated rings. The highest BCUT2D eigenvalue weighted by Gasteiger charge is 2.47. The fourth-order valence-electron chi connectivity index (χ4n) is 10.2. The van der Waals surface area contributed by atoms with Crippen LogP contribution in [0.15, 0.2) is 72.8 Å². The number of amides is 6. The zero-order chi connectivity index (χ0) is 41.9. The molecule has 314 valence electrons. The number of rotatable bonds is 10. The summed E-state index contributed by atoms with van der Waals surface area (Å²) < 4.78 is 5.56. The summed E-state index contributed by atoms with van der Waals surface area (Å²) in [6.45, 7) is 5.39. The van der Waals surface area contributed by atoms with Crippen molar-refractivity contribution < 1.29 is 33.5 Å². The van der Waals surface area contributed by atoms with E-state index < -0.39 is 35.8 Å². The van der Waals surface area contributed by atoms with Crippen molar-refractivity contribution in [3.8, 4) is 0 Å². The van der Waals surface area contributed by atoms with Crippen molar-refractivity contribution in [1.29, 1.82) is 0 Å². The Hall–Kier alpha value is -6.39. The molecule has 16 nitrogen and oxygen atoms in total. The van der Waals surface area contributed by atoms with E-state index in [0.29, 0.717) is 53.6 Å². The number of piperazine rings is 1. The number of aromatic nitrogens is 2. The molecule has 7 heterocycles. The van der Waals surface area contributed by atoms with E-state index in [1.54, 1.807) is 17.0 Å². The zero-order valence-corrected chi connectivity index (χ0v) is 33.8. The van der Waals surface area contributed by atoms with Crippen LogP contribution in [0.25, 0.3) is 0 Å². The Balaban J connectivity index is 0.694. The van der Waals surface area contributed by atoms with Gasteiger partial charge in [-0.05, 0) is 79.6 Å². The lowest BCUT2D eigenvalue weighted by atomic mass is 9.95. The number of carbonyl (C=O) groups is 6. The number of nitrogens with one attached hydrogen (secondary N) is 3. The molecule has 0 aliphatic carbocycles. The summed E-state index contributed by atoms with van der Waals surface area (Å²) in [4.78, 5) is 87.6. The third kappa shape index (κ3) is 7.02. The molecule has 4 unspecified atom stereocenters. The molecule has 10 rings (SSSR count). The average Bonchev–Trinajstić information content (AvgIpc) is 4.11. The van der Waals surface area contributed by atoms with Crippen LogP contribution in [0.3, 0.4) is 0 Å². The van der Waals surface area contributed by atoms with Crippen molar-refractivity contribution in [3.05, 3.63) is 106 Å². The third-order valence-electron chi connectivity index (χ3n) is 13.5. The molecular formula is C45H47N9O7. The molecule has 1 aromatic heterocycles. The predicted octanol–water partition coefficient (Wildman–Crippen LogP) is 3.47. The number of nitrogens with zero attached hydrogens (tertiary/aromatic N) is 6. The average molecular weight is 826 g/mol. The molecular weight excluding hydrogens is 779 g/mol. The number of imide groups is 2. The number of carbonyl (C=O) groups excluding carboxylic acids is 6. The summed E-state index contributed by atoms with van der Waals surface area (Å²) in [7, 11) is 1.53. The minimum atomic E-state index is -0.976. The molecule has 4 aromatic rings. The summed E-state index contributed by atoms with van der Waals surface area (Å²) in [5.74, 6) is -1.38. The smallest absolute Gasteiger partial charge is 0.262 e. The molecule has 0 radical (unpaired) electrons. The van der Waals surface area contributed by atoms with Crippen LogP contribution in [-0.2, 0) is 32.2 Å². The zero-order valence-electron chi connectivity index (χ0n) is 33.8. The van der Waals surface area contributed by atoms with Crippen LogP contribution in [0.1, 0.15) is 86.1 Å². The number of benzene rings is 3. The second kappa shape index (κ2) is 15.6. The molecule has 16 heteroatoms. The molecule has 6 aliphatic rings. The summed E-state index contributed by atoms with van der Waals surface area (Å²) in [6, 6.07) is 22.3. The fourth-order valence-corrected chi connectivity index (χ4v) is 10.2. The normalized spacial score (nSPS) is 23.1. The van der Waals surface area contributed by atoms with Gasteiger partial charge in [-0.2, -0.15) is 5.10 Å². The van der Waals surface area contributed by atoms with Crippen LogP contribution in [0, 0.1) is 5.92 Å². The molecule has 61 heavy (non-hydrogen) atoms. The Bertz CT molecular complexity index is 2430. The van der Waals surface area contributed by atoms with Gasteiger partial charge in [-0.25, -0.2) is 0 Å². The second-order valence-corrected chi connectivity index (χ2v) is 17.0. The van der Waals surface area contributed by atoms with Gasteiger partial charge in [-0.15, -0.1) is 0 Å². The summed E-state index contributed by atoms with van der Waals surface area (Å²) in [6.07, 6.45) is 2.71. The lowest BCUT2D eigenvalue weighted by Gasteiger charge is -2.40. The van der Waals surface area contributed by atoms with Gasteiger partial charge in [0.15, 0.2) is 11.9 Å². The van der Waals surface area contributed by atoms with Gasteiger partial charge in [0.2, 0.25) is 11.8 Å². The Morgan fingerprint density at radius 3 is 2.34 bits per heavy atom. The van der Waals surface area contributed by atoms with Crippen LogP contribution in [0.2, 0.25) is 0 Å². The Morgan fingerprint density at radius 2 is 1.62 bits per heavy atom. The molecule has 0 spiro atoms. The van der Waals surface area contributed by atoms with Crippen LogP contribution >= 0.6 is 0 Å². The number of piperidine rings is 2. The third-order valence-corrected chi connectivity index (χ3v) is 13.5. The molecule has 4 atom stereocenters. The number of anilines is 3. The Labute approximate surface area is 352 Å². The molecule has 6 amide bonds. The van der Waals surface area contributed by atoms with Gasteiger partial charge in [0.05, 0.1) is 29.9 Å². The highest BCUT2D eigenvalue weighted by atomic mass is 16.5. The molecule has 0 saturated carbocycles. The Kier molecular flexibility index (Phi) is 9.90. The first-order chi connectivity index (χ1) is 29.6. The summed E-state index contributed by atoms with van der Waals surface area (Å²) in [5, 5.41) is 12.5. The summed E-state index contributed by atoms with van der Waals surface area (Å²) >= 11 is 0. The first-order valence-corrected chi connectivity index (χ1v) is 21.1. The van der Waals surface area contributed by atoms with Gasteiger partial charge in [0.1, 0.15) is 6.04 Å². The molecule has 2 bridgehead atoms. The lowest BCUT2D eigenvalue weighted by Crippen LogP contribution is -2.54. The van der Waals surface area contributed by atoms with Gasteiger partial charge >= 0.3 is 0 Å². The number of methoxy groups -OCH3 is 1. The van der Waals surface area contributed by atoms with E-state index in [2.05, 4.69) is 35.5 Å². The van der Waals surface area contributed by atoms with Crippen molar-refractivity contribution in [3.63, 3.8) is 0 Å². The van der Waals surface area contributed by atoms with E-state index in [4.69, 9.17) is 4.74 Å². The van der Waals surface area contributed by atoms with Crippen molar-refractivity contribution in [1.82, 2.24) is 30.2 Å². The first-order valence-electron chi connectivity index (χ1n) is 21.1. The van der Waals surface area contributed by atoms with Gasteiger partial charge in [-0.1, -0.05) is 30.3 Å². The van der Waals surface area contributed by atoms with Crippen LogP contribution in [-0.4, -0.2) is 118 Å². The monoisotopic (exact) mass is 825 g/mol. The minimum Gasteiger partial charge on any atom is -0.372 e. The van der Waals surface area contributed by atoms with Gasteiger partial charge in [0.25, 0.3) is 23.6 Å². The lowest BCUT2D eigenvalue weighted by molar-refractivity contribution is -0.143. The van der Waals surface area contributed by atoms with Gasteiger partial charge in [0, 0.05) is 80.8 Å². The largest absolute Gasteiger partial charge is 0.372 e. The number of hydrogen-bond donors (Lipinski definition) is 3. The number of ether oxygens (including phenoxy) is 1. The predicted molar refractivity (Wildman–Crippen MR) is 223 cm³/mol. The number of H-pyrrole nitrogens is 1. The number of hydrogen-bond acceptors (Lipinski definition) is 11. The van der Waals surface area contributed by atoms with E-state index in [9.17, 15) is 28.8 Å². The van der Waals surface area contributed by atoms with E-state index in [0.717, 1.165) is 85.1 Å². The van der Waals surface area contributed by atoms with Crippen molar-refractivity contribution >= 4 is 52.6 Å². The van der Waals surface area contributed by atoms with Crippen LogP contribution in [0.5, 0.6) is 0 Å².